The molecule has 2 N–H and O–H groups in total. The number of carbonyl (C=O) groups is 1. The molecule has 0 unspecified atom stereocenters. The molecule has 1 aromatic carbocycles. The van der Waals surface area contributed by atoms with Crippen LogP contribution in [0.5, 0.6) is 0 Å². The molecule has 0 saturated heterocycles. The average Bonchev–Trinajstić information content (AvgIpc) is 2.85. The average molecular weight is 232 g/mol. The fourth-order valence-corrected chi connectivity index (χ4v) is 1.16. The second-order valence-electron chi connectivity index (χ2n) is 3.22. The third-order valence-electron chi connectivity index (χ3n) is 2.00. The molecule has 5 nitrogen and oxygen atoms in total. The number of carbonyl (C=O) groups excluding carboxylic acids is 1. The van der Waals surface area contributed by atoms with E-state index in [1.807, 2.05) is 0 Å². The number of halogens is 1. The van der Waals surface area contributed by atoms with Gasteiger partial charge in [0, 0.05) is 6.20 Å². The predicted octanol–water partition coefficient (Wildman–Crippen LogP) is 1.31. The Bertz CT molecular complexity index is 519. The highest BCUT2D eigenvalue weighted by atomic mass is 19.1. The van der Waals surface area contributed by atoms with Gasteiger partial charge in [-0.3, -0.25) is 9.89 Å². The molecule has 0 fully saturated rings. The lowest BCUT2D eigenvalue weighted by Crippen LogP contribution is -2.17. The first-order valence-corrected chi connectivity index (χ1v) is 4.84. The van der Waals surface area contributed by atoms with Crippen LogP contribution >= 0.6 is 0 Å². The van der Waals surface area contributed by atoms with Gasteiger partial charge in [-0.2, -0.15) is 10.2 Å². The Balaban J connectivity index is 1.94. The molecule has 17 heavy (non-hydrogen) atoms. The summed E-state index contributed by atoms with van der Waals surface area (Å²) in [5, 5.41) is 9.88. The molecular formula is C11H9FN4O. The van der Waals surface area contributed by atoms with Crippen LogP contribution in [0.2, 0.25) is 0 Å². The van der Waals surface area contributed by atoms with Crippen LogP contribution in [0.25, 0.3) is 0 Å². The predicted molar refractivity (Wildman–Crippen MR) is 60.0 cm³/mol. The zero-order valence-electron chi connectivity index (χ0n) is 8.72. The molecule has 0 aliphatic carbocycles. The van der Waals surface area contributed by atoms with Crippen molar-refractivity contribution in [3.8, 4) is 0 Å². The molecule has 0 spiro atoms. The zero-order chi connectivity index (χ0) is 12.1. The van der Waals surface area contributed by atoms with Gasteiger partial charge in [-0.1, -0.05) is 12.1 Å². The molecule has 0 saturated carbocycles. The molecule has 0 aliphatic heterocycles. The number of amides is 1. The lowest BCUT2D eigenvalue weighted by atomic mass is 10.2. The van der Waals surface area contributed by atoms with Gasteiger partial charge in [-0.05, 0) is 23.8 Å². The summed E-state index contributed by atoms with van der Waals surface area (Å²) >= 11 is 0. The monoisotopic (exact) mass is 232 g/mol. The van der Waals surface area contributed by atoms with Gasteiger partial charge in [-0.15, -0.1) is 0 Å². The van der Waals surface area contributed by atoms with E-state index in [0.29, 0.717) is 11.3 Å². The second kappa shape index (κ2) is 5.02. The number of hydrazone groups is 1. The number of hydrogen-bond acceptors (Lipinski definition) is 3. The topological polar surface area (TPSA) is 70.1 Å². The van der Waals surface area contributed by atoms with Crippen LogP contribution in [-0.4, -0.2) is 22.3 Å². The van der Waals surface area contributed by atoms with E-state index in [1.165, 1.54) is 30.6 Å². The van der Waals surface area contributed by atoms with Gasteiger partial charge < -0.3 is 0 Å². The van der Waals surface area contributed by atoms with E-state index in [2.05, 4.69) is 20.7 Å². The standard InChI is InChI=1S/C11H9FN4O/c12-9-3-1-8(2-4-9)7-14-16-11(17)10-5-6-13-15-10/h1-7H,(H,13,15)(H,16,17). The summed E-state index contributed by atoms with van der Waals surface area (Å²) < 4.78 is 12.6. The van der Waals surface area contributed by atoms with Crippen LogP contribution in [0.1, 0.15) is 16.1 Å². The van der Waals surface area contributed by atoms with Crippen molar-refractivity contribution < 1.29 is 9.18 Å². The smallest absolute Gasteiger partial charge is 0.273 e. The van der Waals surface area contributed by atoms with Crippen molar-refractivity contribution in [3.05, 3.63) is 53.6 Å². The first-order valence-electron chi connectivity index (χ1n) is 4.84. The highest BCUT2D eigenvalue weighted by molar-refractivity contribution is 5.92. The zero-order valence-corrected chi connectivity index (χ0v) is 8.72. The minimum atomic E-state index is -0.388. The lowest BCUT2D eigenvalue weighted by molar-refractivity contribution is 0.0950. The molecule has 0 atom stereocenters. The van der Waals surface area contributed by atoms with Gasteiger partial charge in [0.1, 0.15) is 11.5 Å². The maximum atomic E-state index is 12.6. The molecule has 1 heterocycles. The van der Waals surface area contributed by atoms with E-state index in [0.717, 1.165) is 0 Å². The molecule has 1 aromatic heterocycles. The van der Waals surface area contributed by atoms with Crippen molar-refractivity contribution in [2.24, 2.45) is 5.10 Å². The Morgan fingerprint density at radius 3 is 2.76 bits per heavy atom. The summed E-state index contributed by atoms with van der Waals surface area (Å²) in [6, 6.07) is 7.28. The SMILES string of the molecule is O=C(NN=Cc1ccc(F)cc1)c1ccn[nH]1. The number of benzene rings is 1. The van der Waals surface area contributed by atoms with Crippen molar-refractivity contribution >= 4 is 12.1 Å². The number of aromatic amines is 1. The van der Waals surface area contributed by atoms with Crippen molar-refractivity contribution in [2.75, 3.05) is 0 Å². The molecule has 1 amide bonds. The summed E-state index contributed by atoms with van der Waals surface area (Å²) in [4.78, 5) is 11.4. The quantitative estimate of drug-likeness (QED) is 0.618. The number of H-pyrrole nitrogens is 1. The van der Waals surface area contributed by atoms with Gasteiger partial charge in [-0.25, -0.2) is 9.82 Å². The molecule has 2 aromatic rings. The Hall–Kier alpha value is -2.50. The minimum absolute atomic E-state index is 0.316. The Labute approximate surface area is 96.4 Å². The van der Waals surface area contributed by atoms with Crippen molar-refractivity contribution in [3.63, 3.8) is 0 Å². The van der Waals surface area contributed by atoms with Crippen LogP contribution in [0.15, 0.2) is 41.6 Å². The van der Waals surface area contributed by atoms with Gasteiger partial charge in [0.05, 0.1) is 6.21 Å². The first kappa shape index (κ1) is 11.0. The molecule has 0 aliphatic rings. The number of aromatic nitrogens is 2. The van der Waals surface area contributed by atoms with E-state index < -0.39 is 0 Å². The molecule has 6 heteroatoms. The second-order valence-corrected chi connectivity index (χ2v) is 3.22. The molecule has 86 valence electrons. The van der Waals surface area contributed by atoms with Crippen LogP contribution in [0, 0.1) is 5.82 Å². The van der Waals surface area contributed by atoms with Gasteiger partial charge in [0.15, 0.2) is 0 Å². The fraction of sp³-hybridized carbons (Fsp3) is 0. The van der Waals surface area contributed by atoms with Crippen LogP contribution < -0.4 is 5.43 Å². The highest BCUT2D eigenvalue weighted by Crippen LogP contribution is 1.99. The third-order valence-corrected chi connectivity index (χ3v) is 2.00. The van der Waals surface area contributed by atoms with E-state index in [1.54, 1.807) is 12.1 Å². The van der Waals surface area contributed by atoms with E-state index in [-0.39, 0.29) is 11.7 Å². The molecule has 0 bridgehead atoms. The van der Waals surface area contributed by atoms with Crippen LogP contribution in [-0.2, 0) is 0 Å². The maximum Gasteiger partial charge on any atom is 0.289 e. The van der Waals surface area contributed by atoms with Gasteiger partial charge in [0.25, 0.3) is 5.91 Å². The van der Waals surface area contributed by atoms with E-state index in [9.17, 15) is 9.18 Å². The summed E-state index contributed by atoms with van der Waals surface area (Å²) in [5.41, 5.74) is 3.33. The van der Waals surface area contributed by atoms with Gasteiger partial charge >= 0.3 is 0 Å². The number of nitrogens with zero attached hydrogens (tertiary/aromatic N) is 2. The fourth-order valence-electron chi connectivity index (χ4n) is 1.16. The first-order chi connectivity index (χ1) is 8.25. The normalized spacial score (nSPS) is 10.6. The van der Waals surface area contributed by atoms with Crippen LogP contribution in [0.4, 0.5) is 4.39 Å². The lowest BCUT2D eigenvalue weighted by Gasteiger charge is -1.95. The summed E-state index contributed by atoms with van der Waals surface area (Å²) in [7, 11) is 0. The third kappa shape index (κ3) is 2.97. The minimum Gasteiger partial charge on any atom is -0.273 e. The summed E-state index contributed by atoms with van der Waals surface area (Å²) in [5.74, 6) is -0.704. The van der Waals surface area contributed by atoms with E-state index in [4.69, 9.17) is 0 Å². The van der Waals surface area contributed by atoms with Crippen molar-refractivity contribution in [1.29, 1.82) is 0 Å². The largest absolute Gasteiger partial charge is 0.289 e. The summed E-state index contributed by atoms with van der Waals surface area (Å²) in [6.45, 7) is 0. The Morgan fingerprint density at radius 1 is 1.35 bits per heavy atom. The van der Waals surface area contributed by atoms with Gasteiger partial charge in [0.2, 0.25) is 0 Å². The molecular weight excluding hydrogens is 223 g/mol. The Kier molecular flexibility index (Phi) is 3.25. The maximum absolute atomic E-state index is 12.6. The number of nitrogens with one attached hydrogen (secondary N) is 2. The van der Waals surface area contributed by atoms with E-state index >= 15 is 0 Å². The van der Waals surface area contributed by atoms with Crippen molar-refractivity contribution in [2.45, 2.75) is 0 Å². The highest BCUT2D eigenvalue weighted by Gasteiger charge is 2.03. The van der Waals surface area contributed by atoms with Crippen LogP contribution in [0.3, 0.4) is 0 Å². The van der Waals surface area contributed by atoms with Crippen molar-refractivity contribution in [1.82, 2.24) is 15.6 Å². The Morgan fingerprint density at radius 2 is 2.12 bits per heavy atom. The summed E-state index contributed by atoms with van der Waals surface area (Å²) in [6.07, 6.45) is 2.90. The number of hydrogen-bond donors (Lipinski definition) is 2. The molecule has 0 radical (unpaired) electrons. The number of rotatable bonds is 3. The molecule has 2 rings (SSSR count).